The molecule has 1 aliphatic carbocycles. The maximum Gasteiger partial charge on any atom is 0.164 e. The third-order valence-electron chi connectivity index (χ3n) is 13.3. The molecule has 0 fully saturated rings. The third kappa shape index (κ3) is 5.16. The molecule has 0 N–H and O–H groups in total. The first-order chi connectivity index (χ1) is 28.3. The molecule has 1 aromatic heterocycles. The van der Waals surface area contributed by atoms with Crippen molar-refractivity contribution in [3.05, 3.63) is 187 Å². The molecule has 11 rings (SSSR count). The Morgan fingerprint density at radius 3 is 1.67 bits per heavy atom. The fourth-order valence-electron chi connectivity index (χ4n) is 9.48. The second-order valence-corrected chi connectivity index (χ2v) is 16.8. The van der Waals surface area contributed by atoms with Gasteiger partial charge in [0.2, 0.25) is 0 Å². The highest BCUT2D eigenvalue weighted by Gasteiger charge is 2.45. The second kappa shape index (κ2) is 12.8. The van der Waals surface area contributed by atoms with E-state index in [9.17, 15) is 0 Å². The lowest BCUT2D eigenvalue weighted by molar-refractivity contribution is 0.299. The van der Waals surface area contributed by atoms with Crippen LogP contribution in [0.3, 0.4) is 0 Å². The van der Waals surface area contributed by atoms with Crippen molar-refractivity contribution in [2.24, 2.45) is 0 Å². The van der Waals surface area contributed by atoms with E-state index in [1.54, 1.807) is 0 Å². The van der Waals surface area contributed by atoms with Crippen LogP contribution in [0.4, 0.5) is 0 Å². The molecule has 1 aliphatic rings. The highest BCUT2D eigenvalue weighted by atomic mass is 15.0. The van der Waals surface area contributed by atoms with Crippen LogP contribution in [-0.4, -0.2) is 15.0 Å². The summed E-state index contributed by atoms with van der Waals surface area (Å²) in [5, 5.41) is 10.0. The number of hydrogen-bond acceptors (Lipinski definition) is 3. The van der Waals surface area contributed by atoms with Gasteiger partial charge < -0.3 is 0 Å². The van der Waals surface area contributed by atoms with Gasteiger partial charge in [0, 0.05) is 16.7 Å². The van der Waals surface area contributed by atoms with Crippen LogP contribution in [-0.2, 0) is 10.8 Å². The lowest BCUT2D eigenvalue weighted by Crippen LogP contribution is -2.43. The monoisotopic (exact) mass is 743 g/mol. The van der Waals surface area contributed by atoms with Gasteiger partial charge in [-0.15, -0.1) is 0 Å². The van der Waals surface area contributed by atoms with Gasteiger partial charge in [-0.25, -0.2) is 15.0 Å². The fraction of sp³-hybridized carbons (Fsp3) is 0.109. The minimum Gasteiger partial charge on any atom is -0.208 e. The normalized spacial score (nSPS) is 14.1. The number of nitrogens with zero attached hydrogens (tertiary/aromatic N) is 3. The van der Waals surface area contributed by atoms with Crippen LogP contribution < -0.4 is 0 Å². The number of benzene rings is 9. The summed E-state index contributed by atoms with van der Waals surface area (Å²) in [4.78, 5) is 15.6. The topological polar surface area (TPSA) is 38.7 Å². The molecule has 0 amide bonds. The van der Waals surface area contributed by atoms with E-state index in [2.05, 4.69) is 185 Å². The Bertz CT molecular complexity index is 3290. The lowest BCUT2D eigenvalue weighted by atomic mass is 9.55. The zero-order valence-corrected chi connectivity index (χ0v) is 33.1. The SMILES string of the molecule is CC1(C)c2ccccc2-c2ccc(-c3nc(-c4ccccc4)nc(-c4cccc(-c5cccc6ccc7ccc8c9ccccc9ccc8c7c56)c4)n3)cc2C1(C)C. The van der Waals surface area contributed by atoms with Crippen molar-refractivity contribution in [1.82, 2.24) is 15.0 Å². The molecule has 58 heavy (non-hydrogen) atoms. The van der Waals surface area contributed by atoms with Crippen LogP contribution in [0.5, 0.6) is 0 Å². The largest absolute Gasteiger partial charge is 0.208 e. The highest BCUT2D eigenvalue weighted by molar-refractivity contribution is 6.27. The average molecular weight is 744 g/mol. The van der Waals surface area contributed by atoms with Crippen LogP contribution in [0.1, 0.15) is 38.8 Å². The van der Waals surface area contributed by atoms with Crippen molar-refractivity contribution >= 4 is 43.1 Å². The van der Waals surface area contributed by atoms with Gasteiger partial charge in [-0.2, -0.15) is 0 Å². The quantitative estimate of drug-likeness (QED) is 0.169. The molecule has 10 aromatic rings. The number of hydrogen-bond donors (Lipinski definition) is 0. The summed E-state index contributed by atoms with van der Waals surface area (Å²) < 4.78 is 0. The van der Waals surface area contributed by atoms with Crippen LogP contribution in [0.2, 0.25) is 0 Å². The molecule has 0 unspecified atom stereocenters. The van der Waals surface area contributed by atoms with Gasteiger partial charge in [-0.05, 0) is 99.4 Å². The first-order valence-corrected chi connectivity index (χ1v) is 20.2. The van der Waals surface area contributed by atoms with Crippen molar-refractivity contribution < 1.29 is 0 Å². The number of rotatable bonds is 4. The summed E-state index contributed by atoms with van der Waals surface area (Å²) in [6, 6.07) is 63.5. The maximum absolute atomic E-state index is 5.27. The molecule has 0 saturated carbocycles. The molecule has 0 aliphatic heterocycles. The zero-order valence-electron chi connectivity index (χ0n) is 33.1. The van der Waals surface area contributed by atoms with Crippen LogP contribution in [0.15, 0.2) is 176 Å². The van der Waals surface area contributed by atoms with Crippen molar-refractivity contribution in [3.63, 3.8) is 0 Å². The summed E-state index contributed by atoms with van der Waals surface area (Å²) in [5.41, 5.74) is 10.2. The first-order valence-electron chi connectivity index (χ1n) is 20.2. The van der Waals surface area contributed by atoms with Gasteiger partial charge in [0.25, 0.3) is 0 Å². The summed E-state index contributed by atoms with van der Waals surface area (Å²) in [6.07, 6.45) is 0. The Kier molecular flexibility index (Phi) is 7.55. The van der Waals surface area contributed by atoms with E-state index < -0.39 is 0 Å². The van der Waals surface area contributed by atoms with Crippen molar-refractivity contribution in [3.8, 4) is 56.4 Å². The highest BCUT2D eigenvalue weighted by Crippen LogP contribution is 2.54. The fourth-order valence-corrected chi connectivity index (χ4v) is 9.48. The molecule has 276 valence electrons. The van der Waals surface area contributed by atoms with E-state index in [0.717, 1.165) is 22.3 Å². The average Bonchev–Trinajstić information content (AvgIpc) is 3.28. The molecule has 1 heterocycles. The van der Waals surface area contributed by atoms with Gasteiger partial charge in [0.15, 0.2) is 17.5 Å². The molecular formula is C55H41N3. The summed E-state index contributed by atoms with van der Waals surface area (Å²) in [6.45, 7) is 9.47. The molecule has 3 heteroatoms. The van der Waals surface area contributed by atoms with E-state index in [0.29, 0.717) is 17.5 Å². The summed E-state index contributed by atoms with van der Waals surface area (Å²) in [5.74, 6) is 1.97. The Balaban J connectivity index is 1.10. The number of aromatic nitrogens is 3. The van der Waals surface area contributed by atoms with Gasteiger partial charge in [0.05, 0.1) is 0 Å². The van der Waals surface area contributed by atoms with Gasteiger partial charge in [0.1, 0.15) is 0 Å². The molecule has 0 saturated heterocycles. The molecule has 3 nitrogen and oxygen atoms in total. The van der Waals surface area contributed by atoms with Crippen LogP contribution in [0.25, 0.3) is 99.5 Å². The maximum atomic E-state index is 5.27. The zero-order chi connectivity index (χ0) is 39.2. The van der Waals surface area contributed by atoms with E-state index in [1.807, 2.05) is 18.2 Å². The second-order valence-electron chi connectivity index (χ2n) is 16.8. The third-order valence-corrected chi connectivity index (χ3v) is 13.3. The molecular weight excluding hydrogens is 703 g/mol. The van der Waals surface area contributed by atoms with Crippen molar-refractivity contribution in [2.75, 3.05) is 0 Å². The molecule has 0 bridgehead atoms. The van der Waals surface area contributed by atoms with Gasteiger partial charge >= 0.3 is 0 Å². The minimum atomic E-state index is -0.139. The summed E-state index contributed by atoms with van der Waals surface area (Å²) in [7, 11) is 0. The number of fused-ring (bicyclic) bond motifs is 10. The van der Waals surface area contributed by atoms with E-state index in [4.69, 9.17) is 15.0 Å². The minimum absolute atomic E-state index is 0.0812. The Labute approximate surface area is 338 Å². The smallest absolute Gasteiger partial charge is 0.164 e. The molecule has 0 atom stereocenters. The van der Waals surface area contributed by atoms with E-state index in [-0.39, 0.29) is 10.8 Å². The van der Waals surface area contributed by atoms with Gasteiger partial charge in [-0.3, -0.25) is 0 Å². The standard InChI is InChI=1S/C55H41N3/c1-54(2)47-23-11-10-21-44(47)45-30-28-40(33-48(45)55(54,3)4)53-57-51(37-15-6-5-7-16-37)56-52(58-53)39-19-12-18-38(32-39)42-22-13-17-35-24-25-36-27-29-43-41-20-9-8-14-34(41)26-31-46(43)50(36)49(35)42/h5-33H,1-4H3. The Morgan fingerprint density at radius 1 is 0.310 bits per heavy atom. The lowest BCUT2D eigenvalue weighted by Gasteiger charge is -2.48. The van der Waals surface area contributed by atoms with Crippen molar-refractivity contribution in [2.45, 2.75) is 38.5 Å². The molecule has 9 aromatic carbocycles. The van der Waals surface area contributed by atoms with Crippen molar-refractivity contribution in [1.29, 1.82) is 0 Å². The van der Waals surface area contributed by atoms with E-state index >= 15 is 0 Å². The van der Waals surface area contributed by atoms with Crippen LogP contribution in [0, 0.1) is 0 Å². The Hall–Kier alpha value is -6.97. The first kappa shape index (κ1) is 34.3. The van der Waals surface area contributed by atoms with Gasteiger partial charge in [-0.1, -0.05) is 191 Å². The Morgan fingerprint density at radius 2 is 0.845 bits per heavy atom. The molecule has 0 spiro atoms. The summed E-state index contributed by atoms with van der Waals surface area (Å²) >= 11 is 0. The molecule has 0 radical (unpaired) electrons. The van der Waals surface area contributed by atoms with E-state index in [1.165, 1.54) is 70.9 Å². The predicted octanol–water partition coefficient (Wildman–Crippen LogP) is 14.4. The predicted molar refractivity (Wildman–Crippen MR) is 243 cm³/mol. The van der Waals surface area contributed by atoms with Crippen LogP contribution >= 0.6 is 0 Å².